The number of nitrogens with zero attached hydrogens (tertiary/aromatic N) is 1. The van der Waals surface area contributed by atoms with Gasteiger partial charge in [-0.05, 0) is 12.5 Å². The van der Waals surface area contributed by atoms with E-state index in [2.05, 4.69) is 33.9 Å². The van der Waals surface area contributed by atoms with Crippen molar-refractivity contribution >= 4 is 15.9 Å². The molecular weight excluding hydrogens is 278 g/mol. The fourth-order valence-electron chi connectivity index (χ4n) is 1.84. The van der Waals surface area contributed by atoms with Gasteiger partial charge in [0.05, 0.1) is 0 Å². The molecule has 3 heteroatoms. The maximum absolute atomic E-state index is 5.69. The molecule has 0 fully saturated rings. The van der Waals surface area contributed by atoms with Crippen molar-refractivity contribution in [2.24, 2.45) is 0 Å². The zero-order valence-corrected chi connectivity index (χ0v) is 11.8. The quantitative estimate of drug-likeness (QED) is 0.813. The molecule has 2 nitrogen and oxygen atoms in total. The Morgan fingerprint density at radius 1 is 1.29 bits per heavy atom. The smallest absolute Gasteiger partial charge is 0.191 e. The minimum absolute atomic E-state index is 0.738. The van der Waals surface area contributed by atoms with Crippen LogP contribution in [0.3, 0.4) is 0 Å². The number of benzene rings is 1. The van der Waals surface area contributed by atoms with Gasteiger partial charge in [0.1, 0.15) is 11.5 Å². The summed E-state index contributed by atoms with van der Waals surface area (Å²) in [5.41, 5.74) is 2.08. The molecule has 1 heterocycles. The molecule has 2 aromatic rings. The first-order chi connectivity index (χ1) is 8.22. The highest BCUT2D eigenvalue weighted by molar-refractivity contribution is 9.10. The van der Waals surface area contributed by atoms with Gasteiger partial charge in [0, 0.05) is 23.4 Å². The molecule has 0 spiro atoms. The van der Waals surface area contributed by atoms with Gasteiger partial charge in [-0.15, -0.1) is 0 Å². The normalized spacial score (nSPS) is 10.8. The molecule has 0 aliphatic heterocycles. The van der Waals surface area contributed by atoms with Crippen molar-refractivity contribution in [3.63, 3.8) is 0 Å². The zero-order chi connectivity index (χ0) is 12.3. The van der Waals surface area contributed by atoms with Crippen molar-refractivity contribution in [2.75, 3.05) is 0 Å². The van der Waals surface area contributed by atoms with E-state index in [1.165, 1.54) is 0 Å². The van der Waals surface area contributed by atoms with E-state index in [1.807, 2.05) is 25.1 Å². The molecule has 17 heavy (non-hydrogen) atoms. The molecule has 0 saturated carbocycles. The van der Waals surface area contributed by atoms with Crippen LogP contribution in [-0.2, 0) is 6.42 Å². The highest BCUT2D eigenvalue weighted by atomic mass is 79.9. The average Bonchev–Trinajstić information content (AvgIpc) is 2.68. The zero-order valence-electron chi connectivity index (χ0n) is 10.2. The van der Waals surface area contributed by atoms with Gasteiger partial charge < -0.3 is 4.42 Å². The SMILES string of the molecule is CCCCc1oc(C)nc1-c1ccccc1Br. The number of rotatable bonds is 4. The van der Waals surface area contributed by atoms with Crippen molar-refractivity contribution in [1.82, 2.24) is 4.98 Å². The van der Waals surface area contributed by atoms with Gasteiger partial charge >= 0.3 is 0 Å². The van der Waals surface area contributed by atoms with Crippen molar-refractivity contribution in [2.45, 2.75) is 33.1 Å². The molecule has 0 atom stereocenters. The number of hydrogen-bond donors (Lipinski definition) is 0. The highest BCUT2D eigenvalue weighted by Gasteiger charge is 2.14. The minimum atomic E-state index is 0.738. The van der Waals surface area contributed by atoms with Crippen molar-refractivity contribution in [1.29, 1.82) is 0 Å². The van der Waals surface area contributed by atoms with Gasteiger partial charge in [-0.3, -0.25) is 0 Å². The molecular formula is C14H16BrNO. The summed E-state index contributed by atoms with van der Waals surface area (Å²) in [7, 11) is 0. The monoisotopic (exact) mass is 293 g/mol. The Bertz CT molecular complexity index is 505. The second-order valence-electron chi connectivity index (χ2n) is 4.09. The minimum Gasteiger partial charge on any atom is -0.445 e. The molecule has 0 amide bonds. The molecule has 0 bridgehead atoms. The Kier molecular flexibility index (Phi) is 4.00. The van der Waals surface area contributed by atoms with E-state index in [4.69, 9.17) is 4.42 Å². The lowest BCUT2D eigenvalue weighted by atomic mass is 10.1. The number of aromatic nitrogens is 1. The van der Waals surface area contributed by atoms with E-state index in [0.29, 0.717) is 0 Å². The summed E-state index contributed by atoms with van der Waals surface area (Å²) in [6, 6.07) is 8.12. The van der Waals surface area contributed by atoms with E-state index in [-0.39, 0.29) is 0 Å². The van der Waals surface area contributed by atoms with Gasteiger partial charge in [-0.2, -0.15) is 0 Å². The lowest BCUT2D eigenvalue weighted by Gasteiger charge is -2.02. The molecule has 0 unspecified atom stereocenters. The Morgan fingerprint density at radius 2 is 2.06 bits per heavy atom. The summed E-state index contributed by atoms with van der Waals surface area (Å²) in [6.07, 6.45) is 3.25. The molecule has 0 aliphatic rings. The standard InChI is InChI=1S/C14H16BrNO/c1-3-4-9-13-14(16-10(2)17-13)11-7-5-6-8-12(11)15/h5-8H,3-4,9H2,1-2H3. The van der Waals surface area contributed by atoms with Crippen LogP contribution in [0, 0.1) is 6.92 Å². The third kappa shape index (κ3) is 2.78. The van der Waals surface area contributed by atoms with Crippen molar-refractivity contribution < 1.29 is 4.42 Å². The summed E-state index contributed by atoms with van der Waals surface area (Å²) >= 11 is 3.56. The van der Waals surface area contributed by atoms with Gasteiger partial charge in [0.2, 0.25) is 0 Å². The van der Waals surface area contributed by atoms with Crippen LogP contribution in [0.2, 0.25) is 0 Å². The van der Waals surface area contributed by atoms with E-state index < -0.39 is 0 Å². The highest BCUT2D eigenvalue weighted by Crippen LogP contribution is 2.31. The molecule has 0 N–H and O–H groups in total. The summed E-state index contributed by atoms with van der Waals surface area (Å²) in [5.74, 6) is 1.73. The Morgan fingerprint density at radius 3 is 2.76 bits per heavy atom. The van der Waals surface area contributed by atoms with Crippen molar-refractivity contribution in [3.05, 3.63) is 40.4 Å². The summed E-state index contributed by atoms with van der Waals surface area (Å²) in [5, 5.41) is 0. The number of hydrogen-bond acceptors (Lipinski definition) is 2. The molecule has 2 rings (SSSR count). The Balaban J connectivity index is 2.41. The maximum atomic E-state index is 5.69. The number of aryl methyl sites for hydroxylation is 2. The first-order valence-corrected chi connectivity index (χ1v) is 6.73. The van der Waals surface area contributed by atoms with Gasteiger partial charge in [0.15, 0.2) is 5.89 Å². The molecule has 0 saturated heterocycles. The van der Waals surface area contributed by atoms with Crippen LogP contribution in [0.15, 0.2) is 33.2 Å². The summed E-state index contributed by atoms with van der Waals surface area (Å²) < 4.78 is 6.76. The lowest BCUT2D eigenvalue weighted by Crippen LogP contribution is -1.88. The van der Waals surface area contributed by atoms with Crippen LogP contribution < -0.4 is 0 Å². The van der Waals surface area contributed by atoms with Crippen LogP contribution in [0.5, 0.6) is 0 Å². The maximum Gasteiger partial charge on any atom is 0.191 e. The van der Waals surface area contributed by atoms with Crippen LogP contribution >= 0.6 is 15.9 Å². The Hall–Kier alpha value is -1.09. The number of halogens is 1. The van der Waals surface area contributed by atoms with Gasteiger partial charge in [-0.25, -0.2) is 4.98 Å². The summed E-state index contributed by atoms with van der Waals surface area (Å²) in [4.78, 5) is 4.50. The van der Waals surface area contributed by atoms with Gasteiger partial charge in [-0.1, -0.05) is 47.5 Å². The number of unbranched alkanes of at least 4 members (excludes halogenated alkanes) is 1. The number of oxazole rings is 1. The van der Waals surface area contributed by atoms with Crippen molar-refractivity contribution in [3.8, 4) is 11.3 Å². The predicted octanol–water partition coefficient (Wildman–Crippen LogP) is 4.76. The molecule has 1 aromatic carbocycles. The lowest BCUT2D eigenvalue weighted by molar-refractivity contribution is 0.469. The van der Waals surface area contributed by atoms with E-state index in [9.17, 15) is 0 Å². The van der Waals surface area contributed by atoms with E-state index in [1.54, 1.807) is 0 Å². The first-order valence-electron chi connectivity index (χ1n) is 5.93. The average molecular weight is 294 g/mol. The fraction of sp³-hybridized carbons (Fsp3) is 0.357. The van der Waals surface area contributed by atoms with Crippen LogP contribution in [0.4, 0.5) is 0 Å². The topological polar surface area (TPSA) is 26.0 Å². The predicted molar refractivity (Wildman–Crippen MR) is 73.0 cm³/mol. The first kappa shape index (κ1) is 12.4. The molecule has 0 aliphatic carbocycles. The second kappa shape index (κ2) is 5.50. The third-order valence-electron chi connectivity index (χ3n) is 2.69. The van der Waals surface area contributed by atoms with Gasteiger partial charge in [0.25, 0.3) is 0 Å². The Labute approximate surface area is 110 Å². The van der Waals surface area contributed by atoms with Crippen LogP contribution in [0.25, 0.3) is 11.3 Å². The fourth-order valence-corrected chi connectivity index (χ4v) is 2.31. The molecule has 0 radical (unpaired) electrons. The third-order valence-corrected chi connectivity index (χ3v) is 3.38. The molecule has 1 aromatic heterocycles. The molecule has 90 valence electrons. The van der Waals surface area contributed by atoms with Crippen LogP contribution in [0.1, 0.15) is 31.4 Å². The summed E-state index contributed by atoms with van der Waals surface area (Å²) in [6.45, 7) is 4.08. The van der Waals surface area contributed by atoms with E-state index >= 15 is 0 Å². The second-order valence-corrected chi connectivity index (χ2v) is 4.94. The van der Waals surface area contributed by atoms with Crippen LogP contribution in [-0.4, -0.2) is 4.98 Å². The largest absolute Gasteiger partial charge is 0.445 e. The van der Waals surface area contributed by atoms with E-state index in [0.717, 1.165) is 46.6 Å².